The van der Waals surface area contributed by atoms with Crippen molar-refractivity contribution < 1.29 is 9.53 Å². The van der Waals surface area contributed by atoms with Gasteiger partial charge in [-0.25, -0.2) is 0 Å². The van der Waals surface area contributed by atoms with Crippen LogP contribution in [-0.2, 0) is 0 Å². The van der Waals surface area contributed by atoms with E-state index >= 15 is 0 Å². The van der Waals surface area contributed by atoms with E-state index in [0.29, 0.717) is 29.4 Å². The average Bonchev–Trinajstić information content (AvgIpc) is 2.02. The van der Waals surface area contributed by atoms with Crippen LogP contribution in [0.15, 0.2) is 16.6 Å². The Hall–Kier alpha value is -0.540. The summed E-state index contributed by atoms with van der Waals surface area (Å²) in [5.41, 5.74) is 0.510. The summed E-state index contributed by atoms with van der Waals surface area (Å²) in [5.74, 6) is 0.634. The number of hydrogen-bond acceptors (Lipinski definition) is 2. The normalized spacial score (nSPS) is 15.1. The highest BCUT2D eigenvalue weighted by Gasteiger charge is 2.21. The third-order valence-corrected chi connectivity index (χ3v) is 2.64. The molecule has 0 fully saturated rings. The molecule has 0 unspecified atom stereocenters. The first-order valence-corrected chi connectivity index (χ1v) is 5.00. The van der Waals surface area contributed by atoms with Crippen LogP contribution in [-0.4, -0.2) is 12.4 Å². The molecule has 1 aromatic rings. The maximum atomic E-state index is 11.4. The summed E-state index contributed by atoms with van der Waals surface area (Å²) in [5, 5.41) is 0.453. The van der Waals surface area contributed by atoms with Crippen molar-refractivity contribution in [1.29, 1.82) is 0 Å². The van der Waals surface area contributed by atoms with Crippen molar-refractivity contribution in [2.45, 2.75) is 6.42 Å². The Bertz CT molecular complexity index is 376. The van der Waals surface area contributed by atoms with Gasteiger partial charge in [0.15, 0.2) is 5.78 Å². The van der Waals surface area contributed by atoms with Crippen molar-refractivity contribution in [1.82, 2.24) is 0 Å². The first kappa shape index (κ1) is 9.03. The number of rotatable bonds is 0. The molecule has 1 aliphatic heterocycles. The fraction of sp³-hybridized carbons (Fsp3) is 0.222. The number of ketones is 1. The minimum atomic E-state index is 0.0544. The molecule has 13 heavy (non-hydrogen) atoms. The molecule has 0 radical (unpaired) electrons. The molecular weight excluding hydrogens is 255 g/mol. The molecular formula is C9H6BrClO2. The Labute approximate surface area is 89.0 Å². The van der Waals surface area contributed by atoms with Gasteiger partial charge in [0.2, 0.25) is 0 Å². The van der Waals surface area contributed by atoms with Gasteiger partial charge in [-0.3, -0.25) is 4.79 Å². The number of fused-ring (bicyclic) bond motifs is 1. The maximum absolute atomic E-state index is 11.4. The molecule has 68 valence electrons. The van der Waals surface area contributed by atoms with Crippen LogP contribution in [0.3, 0.4) is 0 Å². The molecule has 0 N–H and O–H groups in total. The lowest BCUT2D eigenvalue weighted by atomic mass is 10.1. The lowest BCUT2D eigenvalue weighted by Gasteiger charge is -2.17. The van der Waals surface area contributed by atoms with Crippen LogP contribution in [0.4, 0.5) is 0 Å². The molecule has 0 saturated heterocycles. The Balaban J connectivity index is 2.63. The monoisotopic (exact) mass is 260 g/mol. The molecule has 1 heterocycles. The van der Waals surface area contributed by atoms with E-state index in [0.717, 1.165) is 4.47 Å². The number of carbonyl (C=O) groups is 1. The van der Waals surface area contributed by atoms with E-state index in [4.69, 9.17) is 16.3 Å². The topological polar surface area (TPSA) is 26.3 Å². The molecule has 0 bridgehead atoms. The highest BCUT2D eigenvalue weighted by atomic mass is 79.9. The van der Waals surface area contributed by atoms with Gasteiger partial charge in [-0.05, 0) is 12.1 Å². The van der Waals surface area contributed by atoms with Gasteiger partial charge in [0, 0.05) is 10.9 Å². The van der Waals surface area contributed by atoms with Crippen LogP contribution >= 0.6 is 27.5 Å². The summed E-state index contributed by atoms with van der Waals surface area (Å²) in [7, 11) is 0. The molecule has 0 spiro atoms. The van der Waals surface area contributed by atoms with E-state index in [9.17, 15) is 4.79 Å². The number of Topliss-reactive ketones (excluding diaryl/α,β-unsaturated/α-hetero) is 1. The van der Waals surface area contributed by atoms with Crippen LogP contribution in [0.2, 0.25) is 5.02 Å². The fourth-order valence-corrected chi connectivity index (χ4v) is 2.20. The molecule has 0 amide bonds. The van der Waals surface area contributed by atoms with E-state index in [2.05, 4.69) is 15.9 Å². The predicted octanol–water partition coefficient (Wildman–Crippen LogP) is 3.07. The number of hydrogen-bond donors (Lipinski definition) is 0. The molecule has 2 rings (SSSR count). The zero-order valence-corrected chi connectivity index (χ0v) is 8.98. The quantitative estimate of drug-likeness (QED) is 0.717. The largest absolute Gasteiger partial charge is 0.492 e. The van der Waals surface area contributed by atoms with Crippen LogP contribution in [0.25, 0.3) is 0 Å². The van der Waals surface area contributed by atoms with Gasteiger partial charge in [-0.2, -0.15) is 0 Å². The predicted molar refractivity (Wildman–Crippen MR) is 53.6 cm³/mol. The van der Waals surface area contributed by atoms with Gasteiger partial charge in [0.05, 0.1) is 17.2 Å². The Morgan fingerprint density at radius 2 is 2.23 bits per heavy atom. The second kappa shape index (κ2) is 3.31. The number of ether oxygens (including phenoxy) is 1. The van der Waals surface area contributed by atoms with Gasteiger partial charge in [-0.1, -0.05) is 27.5 Å². The third kappa shape index (κ3) is 1.58. The van der Waals surface area contributed by atoms with Crippen molar-refractivity contribution in [2.24, 2.45) is 0 Å². The number of benzene rings is 1. The van der Waals surface area contributed by atoms with Crippen molar-refractivity contribution in [2.75, 3.05) is 6.61 Å². The summed E-state index contributed by atoms with van der Waals surface area (Å²) in [6.07, 6.45) is 0.411. The van der Waals surface area contributed by atoms with Crippen molar-refractivity contribution in [3.8, 4) is 5.75 Å². The summed E-state index contributed by atoms with van der Waals surface area (Å²) < 4.78 is 6.15. The molecule has 0 saturated carbocycles. The molecule has 1 aliphatic rings. The van der Waals surface area contributed by atoms with E-state index in [1.807, 2.05) is 0 Å². The summed E-state index contributed by atoms with van der Waals surface area (Å²) in [6, 6.07) is 3.46. The lowest BCUT2D eigenvalue weighted by Crippen LogP contribution is -2.15. The number of carbonyl (C=O) groups excluding carboxylic acids is 1. The molecule has 4 heteroatoms. The maximum Gasteiger partial charge on any atom is 0.171 e. The van der Waals surface area contributed by atoms with Gasteiger partial charge in [-0.15, -0.1) is 0 Å². The molecule has 0 aromatic heterocycles. The van der Waals surface area contributed by atoms with Crippen LogP contribution in [0, 0.1) is 0 Å². The standard InChI is InChI=1S/C9H6BrClO2/c10-5-3-6(11)9-7(12)1-2-13-8(9)4-5/h3-4H,1-2H2. The second-order valence-corrected chi connectivity index (χ2v) is 4.11. The molecule has 2 nitrogen and oxygen atoms in total. The van der Waals surface area contributed by atoms with Crippen molar-refractivity contribution in [3.05, 3.63) is 27.2 Å². The Morgan fingerprint density at radius 1 is 1.46 bits per heavy atom. The van der Waals surface area contributed by atoms with E-state index in [1.165, 1.54) is 0 Å². The molecule has 0 aliphatic carbocycles. The van der Waals surface area contributed by atoms with Gasteiger partial charge in [0.1, 0.15) is 5.75 Å². The Kier molecular flexibility index (Phi) is 2.30. The summed E-state index contributed by atoms with van der Waals surface area (Å²) in [4.78, 5) is 11.4. The van der Waals surface area contributed by atoms with Crippen LogP contribution < -0.4 is 4.74 Å². The van der Waals surface area contributed by atoms with Gasteiger partial charge in [0.25, 0.3) is 0 Å². The van der Waals surface area contributed by atoms with Crippen LogP contribution in [0.5, 0.6) is 5.75 Å². The minimum Gasteiger partial charge on any atom is -0.492 e. The van der Waals surface area contributed by atoms with E-state index in [1.54, 1.807) is 12.1 Å². The van der Waals surface area contributed by atoms with Gasteiger partial charge < -0.3 is 4.74 Å². The zero-order chi connectivity index (χ0) is 9.42. The Morgan fingerprint density at radius 3 is 3.00 bits per heavy atom. The van der Waals surface area contributed by atoms with Gasteiger partial charge >= 0.3 is 0 Å². The summed E-state index contributed by atoms with van der Waals surface area (Å²) >= 11 is 9.20. The highest BCUT2D eigenvalue weighted by molar-refractivity contribution is 9.10. The van der Waals surface area contributed by atoms with E-state index < -0.39 is 0 Å². The minimum absolute atomic E-state index is 0.0544. The smallest absolute Gasteiger partial charge is 0.171 e. The highest BCUT2D eigenvalue weighted by Crippen LogP contribution is 2.34. The van der Waals surface area contributed by atoms with Crippen molar-refractivity contribution >= 4 is 33.3 Å². The lowest BCUT2D eigenvalue weighted by molar-refractivity contribution is 0.0933. The SMILES string of the molecule is O=C1CCOc2cc(Br)cc(Cl)c21. The second-order valence-electron chi connectivity index (χ2n) is 2.78. The first-order valence-electron chi connectivity index (χ1n) is 3.83. The first-order chi connectivity index (χ1) is 6.18. The summed E-state index contributed by atoms with van der Waals surface area (Å²) in [6.45, 7) is 0.443. The molecule has 0 atom stereocenters. The molecule has 1 aromatic carbocycles. The number of halogens is 2. The average molecular weight is 262 g/mol. The third-order valence-electron chi connectivity index (χ3n) is 1.88. The fourth-order valence-electron chi connectivity index (χ4n) is 1.31. The van der Waals surface area contributed by atoms with Crippen LogP contribution in [0.1, 0.15) is 16.8 Å². The van der Waals surface area contributed by atoms with E-state index in [-0.39, 0.29) is 5.78 Å². The van der Waals surface area contributed by atoms with Crippen molar-refractivity contribution in [3.63, 3.8) is 0 Å². The zero-order valence-electron chi connectivity index (χ0n) is 6.64.